The average molecular weight is 209 g/mol. The summed E-state index contributed by atoms with van der Waals surface area (Å²) in [4.78, 5) is 0. The Balaban J connectivity index is 2.66. The highest BCUT2D eigenvalue weighted by atomic mass is 15.3. The summed E-state index contributed by atoms with van der Waals surface area (Å²) in [5.74, 6) is 0.593. The van der Waals surface area contributed by atoms with Crippen LogP contribution < -0.4 is 5.32 Å². The zero-order valence-corrected chi connectivity index (χ0v) is 10.5. The second-order valence-electron chi connectivity index (χ2n) is 4.87. The molecule has 0 aliphatic carbocycles. The van der Waals surface area contributed by atoms with Gasteiger partial charge in [-0.15, -0.1) is 0 Å². The standard InChI is InChI=1S/C12H23N3/c1-9(2)12(7-13-10(3)4)15-8-11(5)6-14-15/h6,8-10,12-13H,7H2,1-5H3. The van der Waals surface area contributed by atoms with E-state index in [9.17, 15) is 0 Å². The van der Waals surface area contributed by atoms with E-state index in [2.05, 4.69) is 55.9 Å². The van der Waals surface area contributed by atoms with Crippen molar-refractivity contribution < 1.29 is 0 Å². The Morgan fingerprint density at radius 1 is 1.33 bits per heavy atom. The lowest BCUT2D eigenvalue weighted by molar-refractivity contribution is 0.321. The van der Waals surface area contributed by atoms with Crippen molar-refractivity contribution in [3.63, 3.8) is 0 Å². The molecule has 1 aromatic heterocycles. The third-order valence-corrected chi connectivity index (χ3v) is 2.58. The lowest BCUT2D eigenvalue weighted by Gasteiger charge is -2.23. The van der Waals surface area contributed by atoms with Gasteiger partial charge in [-0.25, -0.2) is 0 Å². The van der Waals surface area contributed by atoms with Crippen molar-refractivity contribution in [2.24, 2.45) is 5.92 Å². The molecule has 15 heavy (non-hydrogen) atoms. The maximum Gasteiger partial charge on any atom is 0.0666 e. The summed E-state index contributed by atoms with van der Waals surface area (Å²) >= 11 is 0. The molecule has 0 radical (unpaired) electrons. The first-order valence-corrected chi connectivity index (χ1v) is 5.75. The van der Waals surface area contributed by atoms with E-state index < -0.39 is 0 Å². The SMILES string of the molecule is Cc1cnn(C(CNC(C)C)C(C)C)c1. The highest BCUT2D eigenvalue weighted by Crippen LogP contribution is 2.16. The van der Waals surface area contributed by atoms with Gasteiger partial charge in [-0.3, -0.25) is 4.68 Å². The topological polar surface area (TPSA) is 29.9 Å². The minimum atomic E-state index is 0.445. The fraction of sp³-hybridized carbons (Fsp3) is 0.750. The van der Waals surface area contributed by atoms with Crippen LogP contribution in [0.4, 0.5) is 0 Å². The largest absolute Gasteiger partial charge is 0.312 e. The molecule has 1 heterocycles. The molecule has 0 bridgehead atoms. The van der Waals surface area contributed by atoms with Crippen LogP contribution in [-0.2, 0) is 0 Å². The van der Waals surface area contributed by atoms with Crippen LogP contribution in [0.3, 0.4) is 0 Å². The molecule has 1 unspecified atom stereocenters. The number of nitrogens with zero attached hydrogens (tertiary/aromatic N) is 2. The molecule has 0 spiro atoms. The zero-order chi connectivity index (χ0) is 11.4. The van der Waals surface area contributed by atoms with Crippen LogP contribution in [0.2, 0.25) is 0 Å². The molecular weight excluding hydrogens is 186 g/mol. The number of hydrogen-bond donors (Lipinski definition) is 1. The first-order chi connectivity index (χ1) is 7.00. The van der Waals surface area contributed by atoms with E-state index in [-0.39, 0.29) is 0 Å². The number of hydrogen-bond acceptors (Lipinski definition) is 2. The van der Waals surface area contributed by atoms with Gasteiger partial charge in [0.1, 0.15) is 0 Å². The monoisotopic (exact) mass is 209 g/mol. The van der Waals surface area contributed by atoms with Crippen LogP contribution in [0.25, 0.3) is 0 Å². The normalized spacial score (nSPS) is 13.8. The van der Waals surface area contributed by atoms with Crippen molar-refractivity contribution in [2.75, 3.05) is 6.54 Å². The fourth-order valence-electron chi connectivity index (χ4n) is 1.61. The van der Waals surface area contributed by atoms with Gasteiger partial charge < -0.3 is 5.32 Å². The number of rotatable bonds is 5. The molecule has 86 valence electrons. The van der Waals surface area contributed by atoms with Gasteiger partial charge >= 0.3 is 0 Å². The molecule has 0 saturated heterocycles. The molecule has 1 atom stereocenters. The summed E-state index contributed by atoms with van der Waals surface area (Å²) in [7, 11) is 0. The Hall–Kier alpha value is -0.830. The van der Waals surface area contributed by atoms with Gasteiger partial charge in [-0.05, 0) is 18.4 Å². The smallest absolute Gasteiger partial charge is 0.0666 e. The second kappa shape index (κ2) is 5.31. The van der Waals surface area contributed by atoms with Gasteiger partial charge in [-0.2, -0.15) is 5.10 Å². The highest BCUT2D eigenvalue weighted by molar-refractivity contribution is 5.00. The molecule has 1 rings (SSSR count). The summed E-state index contributed by atoms with van der Waals surface area (Å²) < 4.78 is 2.08. The molecule has 1 N–H and O–H groups in total. The predicted molar refractivity (Wildman–Crippen MR) is 64.0 cm³/mol. The molecule has 0 saturated carbocycles. The Morgan fingerprint density at radius 3 is 2.40 bits per heavy atom. The Kier molecular flexibility index (Phi) is 4.33. The second-order valence-corrected chi connectivity index (χ2v) is 4.87. The van der Waals surface area contributed by atoms with E-state index in [0.29, 0.717) is 18.0 Å². The molecule has 1 aromatic rings. The van der Waals surface area contributed by atoms with E-state index in [1.54, 1.807) is 0 Å². The van der Waals surface area contributed by atoms with Crippen molar-refractivity contribution in [3.8, 4) is 0 Å². The average Bonchev–Trinajstić information content (AvgIpc) is 2.51. The van der Waals surface area contributed by atoms with Crippen LogP contribution in [0, 0.1) is 12.8 Å². The quantitative estimate of drug-likeness (QED) is 0.807. The third-order valence-electron chi connectivity index (χ3n) is 2.58. The van der Waals surface area contributed by atoms with Crippen LogP contribution in [0.15, 0.2) is 12.4 Å². The minimum Gasteiger partial charge on any atom is -0.312 e. The van der Waals surface area contributed by atoms with E-state index in [1.165, 1.54) is 5.56 Å². The molecule has 0 aliphatic heterocycles. The number of aryl methyl sites for hydroxylation is 1. The van der Waals surface area contributed by atoms with E-state index in [4.69, 9.17) is 0 Å². The van der Waals surface area contributed by atoms with Crippen molar-refractivity contribution in [1.29, 1.82) is 0 Å². The summed E-state index contributed by atoms with van der Waals surface area (Å²) in [5.41, 5.74) is 1.23. The lowest BCUT2D eigenvalue weighted by Crippen LogP contribution is -2.33. The number of nitrogens with one attached hydrogen (secondary N) is 1. The van der Waals surface area contributed by atoms with Gasteiger partial charge in [0.15, 0.2) is 0 Å². The predicted octanol–water partition coefficient (Wildman–Crippen LogP) is 2.39. The van der Waals surface area contributed by atoms with Crippen LogP contribution in [-0.4, -0.2) is 22.4 Å². The van der Waals surface area contributed by atoms with Gasteiger partial charge in [0.05, 0.1) is 12.2 Å². The van der Waals surface area contributed by atoms with E-state index in [0.717, 1.165) is 6.54 Å². The molecule has 0 aromatic carbocycles. The van der Waals surface area contributed by atoms with Crippen molar-refractivity contribution in [3.05, 3.63) is 18.0 Å². The summed E-state index contributed by atoms with van der Waals surface area (Å²) in [6.45, 7) is 11.9. The molecular formula is C12H23N3. The van der Waals surface area contributed by atoms with Crippen LogP contribution in [0.5, 0.6) is 0 Å². The molecule has 3 heteroatoms. The zero-order valence-electron chi connectivity index (χ0n) is 10.5. The summed E-state index contributed by atoms with van der Waals surface area (Å²) in [5, 5.41) is 7.87. The van der Waals surface area contributed by atoms with E-state index in [1.807, 2.05) is 6.20 Å². The maximum atomic E-state index is 4.39. The molecule has 0 fully saturated rings. The Morgan fingerprint density at radius 2 is 2.00 bits per heavy atom. The Labute approximate surface area is 92.9 Å². The van der Waals surface area contributed by atoms with Crippen molar-refractivity contribution in [1.82, 2.24) is 15.1 Å². The van der Waals surface area contributed by atoms with Gasteiger partial charge in [0.25, 0.3) is 0 Å². The van der Waals surface area contributed by atoms with Gasteiger partial charge in [0, 0.05) is 18.8 Å². The lowest BCUT2D eigenvalue weighted by atomic mass is 10.0. The van der Waals surface area contributed by atoms with Gasteiger partial charge in [-0.1, -0.05) is 27.7 Å². The van der Waals surface area contributed by atoms with E-state index >= 15 is 0 Å². The van der Waals surface area contributed by atoms with Gasteiger partial charge in [0.2, 0.25) is 0 Å². The summed E-state index contributed by atoms with van der Waals surface area (Å²) in [6, 6.07) is 0.976. The minimum absolute atomic E-state index is 0.445. The van der Waals surface area contributed by atoms with Crippen LogP contribution >= 0.6 is 0 Å². The first-order valence-electron chi connectivity index (χ1n) is 5.75. The molecule has 3 nitrogen and oxygen atoms in total. The maximum absolute atomic E-state index is 4.39. The molecule has 0 aliphatic rings. The van der Waals surface area contributed by atoms with Crippen molar-refractivity contribution >= 4 is 0 Å². The van der Waals surface area contributed by atoms with Crippen LogP contribution in [0.1, 0.15) is 39.3 Å². The third kappa shape index (κ3) is 3.67. The number of aromatic nitrogens is 2. The highest BCUT2D eigenvalue weighted by Gasteiger charge is 2.16. The first kappa shape index (κ1) is 12.2. The molecule has 0 amide bonds. The van der Waals surface area contributed by atoms with Crippen molar-refractivity contribution in [2.45, 2.75) is 46.7 Å². The Bertz CT molecular complexity index is 289. The summed E-state index contributed by atoms with van der Waals surface area (Å²) in [6.07, 6.45) is 4.04. The fourth-order valence-corrected chi connectivity index (χ4v) is 1.61.